The van der Waals surface area contributed by atoms with Gasteiger partial charge in [-0.2, -0.15) is 13.2 Å². The van der Waals surface area contributed by atoms with Crippen LogP contribution in [0.5, 0.6) is 0 Å². The normalized spacial score (nSPS) is 16.9. The number of carbonyl (C=O) groups excluding carboxylic acids is 1. The van der Waals surface area contributed by atoms with Crippen molar-refractivity contribution in [3.63, 3.8) is 0 Å². The van der Waals surface area contributed by atoms with E-state index in [-0.39, 0.29) is 17.9 Å². The van der Waals surface area contributed by atoms with Gasteiger partial charge in [-0.15, -0.1) is 0 Å². The number of likely N-dealkylation sites (tertiary alicyclic amines) is 1. The minimum Gasteiger partial charge on any atom is -0.354 e. The Morgan fingerprint density at radius 2 is 1.67 bits per heavy atom. The van der Waals surface area contributed by atoms with Gasteiger partial charge in [0.05, 0.1) is 12.0 Å². The average Bonchev–Trinajstić information content (AvgIpc) is 2.54. The molecule has 0 spiro atoms. The van der Waals surface area contributed by atoms with Gasteiger partial charge in [0, 0.05) is 12.1 Å². The lowest BCUT2D eigenvalue weighted by molar-refractivity contribution is -0.137. The topological polar surface area (TPSA) is 32.3 Å². The van der Waals surface area contributed by atoms with Gasteiger partial charge in [0.1, 0.15) is 0 Å². The number of benzene rings is 1. The van der Waals surface area contributed by atoms with E-state index in [1.807, 2.05) is 0 Å². The molecule has 0 atom stereocenters. The van der Waals surface area contributed by atoms with E-state index in [1.54, 1.807) is 0 Å². The molecule has 1 aliphatic heterocycles. The van der Waals surface area contributed by atoms with Crippen LogP contribution in [0, 0.1) is 0 Å². The van der Waals surface area contributed by atoms with Gasteiger partial charge in [0.25, 0.3) is 0 Å². The lowest BCUT2D eigenvalue weighted by Crippen LogP contribution is -2.53. The summed E-state index contributed by atoms with van der Waals surface area (Å²) < 4.78 is 37.6. The van der Waals surface area contributed by atoms with Crippen molar-refractivity contribution in [1.29, 1.82) is 0 Å². The van der Waals surface area contributed by atoms with Crippen molar-refractivity contribution in [3.05, 3.63) is 35.4 Å². The summed E-state index contributed by atoms with van der Waals surface area (Å²) >= 11 is 0. The van der Waals surface area contributed by atoms with Crippen molar-refractivity contribution in [2.24, 2.45) is 0 Å². The molecule has 2 rings (SSSR count). The molecule has 24 heavy (non-hydrogen) atoms. The number of nitrogens with zero attached hydrogens (tertiary/aromatic N) is 1. The molecule has 1 heterocycles. The fourth-order valence-electron chi connectivity index (χ4n) is 2.99. The zero-order valence-electron chi connectivity index (χ0n) is 14.2. The van der Waals surface area contributed by atoms with E-state index in [2.05, 4.69) is 24.1 Å². The Bertz CT molecular complexity index is 546. The number of halogens is 3. The molecule has 1 saturated heterocycles. The van der Waals surface area contributed by atoms with Crippen LogP contribution in [0.2, 0.25) is 0 Å². The number of hydrogen-bond donors (Lipinski definition) is 1. The number of hydrogen-bond acceptors (Lipinski definition) is 2. The highest BCUT2D eigenvalue weighted by molar-refractivity contribution is 5.78. The van der Waals surface area contributed by atoms with Crippen LogP contribution in [0.15, 0.2) is 24.3 Å². The predicted octanol–water partition coefficient (Wildman–Crippen LogP) is 3.63. The number of alkyl halides is 3. The van der Waals surface area contributed by atoms with E-state index in [1.165, 1.54) is 31.4 Å². The van der Waals surface area contributed by atoms with E-state index < -0.39 is 11.7 Å². The predicted molar refractivity (Wildman–Crippen MR) is 87.7 cm³/mol. The minimum absolute atomic E-state index is 0.0915. The van der Waals surface area contributed by atoms with Crippen molar-refractivity contribution in [2.45, 2.75) is 51.2 Å². The molecule has 1 amide bonds. The summed E-state index contributed by atoms with van der Waals surface area (Å²) in [6, 6.07) is 4.75. The van der Waals surface area contributed by atoms with Crippen LogP contribution in [0.1, 0.15) is 44.2 Å². The summed E-state index contributed by atoms with van der Waals surface area (Å²) in [6.45, 7) is 6.84. The molecule has 1 aromatic carbocycles. The molecule has 0 aliphatic carbocycles. The van der Waals surface area contributed by atoms with Crippen molar-refractivity contribution in [2.75, 3.05) is 19.6 Å². The zero-order chi connectivity index (χ0) is 17.8. The smallest absolute Gasteiger partial charge is 0.354 e. The molecular formula is C18H25F3N2O. The average molecular weight is 342 g/mol. The van der Waals surface area contributed by atoms with Crippen LogP contribution < -0.4 is 5.32 Å². The molecule has 0 unspecified atom stereocenters. The van der Waals surface area contributed by atoms with Crippen molar-refractivity contribution in [1.82, 2.24) is 10.2 Å². The lowest BCUT2D eigenvalue weighted by atomic mass is 9.98. The first kappa shape index (κ1) is 18.8. The largest absolute Gasteiger partial charge is 0.416 e. The van der Waals surface area contributed by atoms with Gasteiger partial charge in [-0.1, -0.05) is 18.6 Å². The Kier molecular flexibility index (Phi) is 5.91. The highest BCUT2D eigenvalue weighted by atomic mass is 19.4. The summed E-state index contributed by atoms with van der Waals surface area (Å²) in [5.41, 5.74) is -0.231. The second-order valence-electron chi connectivity index (χ2n) is 7.01. The van der Waals surface area contributed by atoms with Gasteiger partial charge >= 0.3 is 6.18 Å². The van der Waals surface area contributed by atoms with E-state index in [4.69, 9.17) is 0 Å². The third-order valence-corrected chi connectivity index (χ3v) is 4.58. The van der Waals surface area contributed by atoms with Crippen LogP contribution in [0.3, 0.4) is 0 Å². The molecule has 134 valence electrons. The lowest BCUT2D eigenvalue weighted by Gasteiger charge is -2.41. The fourth-order valence-corrected chi connectivity index (χ4v) is 2.99. The minimum atomic E-state index is -4.35. The number of carbonyl (C=O) groups is 1. The summed E-state index contributed by atoms with van der Waals surface area (Å²) in [5.74, 6) is -0.167. The van der Waals surface area contributed by atoms with Gasteiger partial charge in [-0.05, 0) is 57.5 Å². The second-order valence-corrected chi connectivity index (χ2v) is 7.01. The molecule has 3 nitrogen and oxygen atoms in total. The summed E-state index contributed by atoms with van der Waals surface area (Å²) in [4.78, 5) is 14.5. The Labute approximate surface area is 141 Å². The molecule has 0 aromatic heterocycles. The first-order chi connectivity index (χ1) is 11.2. The van der Waals surface area contributed by atoms with Gasteiger partial charge in [-0.25, -0.2) is 0 Å². The second kappa shape index (κ2) is 7.55. The summed E-state index contributed by atoms with van der Waals surface area (Å²) in [5, 5.41) is 2.91. The third-order valence-electron chi connectivity index (χ3n) is 4.58. The number of piperidine rings is 1. The van der Waals surface area contributed by atoms with Crippen molar-refractivity contribution < 1.29 is 18.0 Å². The number of rotatable bonds is 5. The Balaban J connectivity index is 1.84. The molecule has 1 aliphatic rings. The molecule has 0 radical (unpaired) electrons. The maximum atomic E-state index is 12.5. The standard InChI is InChI=1S/C18H25F3N2O/c1-17(2,23-10-4-3-5-11-23)13-22-16(24)12-14-6-8-15(9-7-14)18(19,20)21/h6-9H,3-5,10-13H2,1-2H3,(H,22,24). The SMILES string of the molecule is CC(C)(CNC(=O)Cc1ccc(C(F)(F)F)cc1)N1CCCCC1. The monoisotopic (exact) mass is 342 g/mol. The van der Waals surface area contributed by atoms with Crippen LogP contribution in [-0.4, -0.2) is 36.0 Å². The quantitative estimate of drug-likeness (QED) is 0.886. The Morgan fingerprint density at radius 3 is 2.21 bits per heavy atom. The van der Waals surface area contributed by atoms with Gasteiger partial charge < -0.3 is 5.32 Å². The molecule has 1 aromatic rings. The highest BCUT2D eigenvalue weighted by Crippen LogP contribution is 2.29. The van der Waals surface area contributed by atoms with E-state index in [0.717, 1.165) is 25.2 Å². The zero-order valence-corrected chi connectivity index (χ0v) is 14.2. The van der Waals surface area contributed by atoms with E-state index in [9.17, 15) is 18.0 Å². The van der Waals surface area contributed by atoms with Crippen LogP contribution in [-0.2, 0) is 17.4 Å². The van der Waals surface area contributed by atoms with Crippen molar-refractivity contribution in [3.8, 4) is 0 Å². The number of nitrogens with one attached hydrogen (secondary N) is 1. The molecule has 0 saturated carbocycles. The van der Waals surface area contributed by atoms with Crippen LogP contribution >= 0.6 is 0 Å². The third kappa shape index (κ3) is 5.23. The molecule has 0 bridgehead atoms. The maximum absolute atomic E-state index is 12.5. The Morgan fingerprint density at radius 1 is 1.08 bits per heavy atom. The molecule has 1 fully saturated rings. The summed E-state index contributed by atoms with van der Waals surface area (Å²) in [6.07, 6.45) is -0.633. The molecule has 1 N–H and O–H groups in total. The van der Waals surface area contributed by atoms with E-state index in [0.29, 0.717) is 12.1 Å². The molecular weight excluding hydrogens is 317 g/mol. The van der Waals surface area contributed by atoms with Crippen molar-refractivity contribution >= 4 is 5.91 Å². The highest BCUT2D eigenvalue weighted by Gasteiger charge is 2.30. The van der Waals surface area contributed by atoms with Gasteiger partial charge in [-0.3, -0.25) is 9.69 Å². The first-order valence-electron chi connectivity index (χ1n) is 8.36. The van der Waals surface area contributed by atoms with Crippen LogP contribution in [0.4, 0.5) is 13.2 Å². The van der Waals surface area contributed by atoms with Crippen LogP contribution in [0.25, 0.3) is 0 Å². The van der Waals surface area contributed by atoms with Gasteiger partial charge in [0.2, 0.25) is 5.91 Å². The maximum Gasteiger partial charge on any atom is 0.416 e. The first-order valence-corrected chi connectivity index (χ1v) is 8.36. The summed E-state index contributed by atoms with van der Waals surface area (Å²) in [7, 11) is 0. The fraction of sp³-hybridized carbons (Fsp3) is 0.611. The van der Waals surface area contributed by atoms with Gasteiger partial charge in [0.15, 0.2) is 0 Å². The number of amides is 1. The Hall–Kier alpha value is -1.56. The van der Waals surface area contributed by atoms with E-state index >= 15 is 0 Å². The molecule has 6 heteroatoms.